The van der Waals surface area contributed by atoms with Crippen LogP contribution in [0.5, 0.6) is 11.5 Å². The van der Waals surface area contributed by atoms with E-state index in [1.807, 2.05) is 31.4 Å². The molecule has 0 bridgehead atoms. The van der Waals surface area contributed by atoms with Gasteiger partial charge in [-0.15, -0.1) is 11.3 Å². The molecule has 96 valence electrons. The van der Waals surface area contributed by atoms with E-state index < -0.39 is 0 Å². The molecule has 0 amide bonds. The van der Waals surface area contributed by atoms with Crippen LogP contribution in [0, 0.1) is 0 Å². The molecule has 0 aliphatic carbocycles. The number of ether oxygens (including phenoxy) is 2. The van der Waals surface area contributed by atoms with Gasteiger partial charge in [-0.1, -0.05) is 6.07 Å². The lowest BCUT2D eigenvalue weighted by Crippen LogP contribution is -2.07. The Hall–Kier alpha value is -1.59. The van der Waals surface area contributed by atoms with Gasteiger partial charge in [0.15, 0.2) is 0 Å². The van der Waals surface area contributed by atoms with Crippen LogP contribution in [0.4, 0.5) is 0 Å². The Kier molecular flexibility index (Phi) is 4.55. The van der Waals surface area contributed by atoms with E-state index in [1.165, 1.54) is 0 Å². The van der Waals surface area contributed by atoms with Crippen molar-refractivity contribution in [1.82, 2.24) is 10.3 Å². The monoisotopic (exact) mass is 264 g/mol. The predicted molar refractivity (Wildman–Crippen MR) is 72.2 cm³/mol. The van der Waals surface area contributed by atoms with E-state index in [9.17, 15) is 0 Å². The largest absolute Gasteiger partial charge is 0.497 e. The summed E-state index contributed by atoms with van der Waals surface area (Å²) in [5.74, 6) is 1.64. The number of hydrogen-bond acceptors (Lipinski definition) is 5. The first-order valence-electron chi connectivity index (χ1n) is 5.65. The number of rotatable bonds is 6. The van der Waals surface area contributed by atoms with Crippen molar-refractivity contribution >= 4 is 11.3 Å². The van der Waals surface area contributed by atoms with Crippen molar-refractivity contribution in [3.63, 3.8) is 0 Å². The van der Waals surface area contributed by atoms with Gasteiger partial charge >= 0.3 is 0 Å². The van der Waals surface area contributed by atoms with E-state index >= 15 is 0 Å². The summed E-state index contributed by atoms with van der Waals surface area (Å²) < 4.78 is 11.0. The van der Waals surface area contributed by atoms with Crippen molar-refractivity contribution in [2.24, 2.45) is 0 Å². The normalized spacial score (nSPS) is 10.3. The highest BCUT2D eigenvalue weighted by Crippen LogP contribution is 2.26. The van der Waals surface area contributed by atoms with Crippen LogP contribution in [0.25, 0.3) is 0 Å². The quantitative estimate of drug-likeness (QED) is 0.870. The molecule has 1 aromatic heterocycles. The van der Waals surface area contributed by atoms with E-state index in [0.717, 1.165) is 28.5 Å². The van der Waals surface area contributed by atoms with Crippen molar-refractivity contribution in [2.45, 2.75) is 13.2 Å². The lowest BCUT2D eigenvalue weighted by atomic mass is 10.2. The fourth-order valence-corrected chi connectivity index (χ4v) is 2.10. The lowest BCUT2D eigenvalue weighted by molar-refractivity contribution is 0.303. The highest BCUT2D eigenvalue weighted by atomic mass is 32.1. The minimum absolute atomic E-state index is 0.536. The summed E-state index contributed by atoms with van der Waals surface area (Å²) >= 11 is 1.59. The highest BCUT2D eigenvalue weighted by Gasteiger charge is 2.06. The Morgan fingerprint density at radius 1 is 1.39 bits per heavy atom. The van der Waals surface area contributed by atoms with Crippen molar-refractivity contribution in [3.05, 3.63) is 40.3 Å². The third-order valence-corrected chi connectivity index (χ3v) is 3.25. The standard InChI is InChI=1S/C13H16N2O2S/c1-14-6-10-3-4-11(16-2)5-13(10)17-8-12-7-15-9-18-12/h3-5,7,9,14H,6,8H2,1-2H3. The summed E-state index contributed by atoms with van der Waals surface area (Å²) in [5, 5.41) is 3.12. The SMILES string of the molecule is CNCc1ccc(OC)cc1OCc1cncs1. The van der Waals surface area contributed by atoms with Crippen LogP contribution in [0.3, 0.4) is 0 Å². The van der Waals surface area contributed by atoms with Gasteiger partial charge in [-0.2, -0.15) is 0 Å². The van der Waals surface area contributed by atoms with Crippen LogP contribution in [0.15, 0.2) is 29.9 Å². The fourth-order valence-electron chi connectivity index (χ4n) is 1.59. The summed E-state index contributed by atoms with van der Waals surface area (Å²) in [6.45, 7) is 1.30. The molecule has 0 radical (unpaired) electrons. The third-order valence-electron chi connectivity index (χ3n) is 2.49. The molecule has 1 aromatic carbocycles. The summed E-state index contributed by atoms with van der Waals surface area (Å²) in [5.41, 5.74) is 2.92. The van der Waals surface area contributed by atoms with Crippen LogP contribution in [-0.2, 0) is 13.2 Å². The molecule has 0 aliphatic rings. The molecule has 0 fully saturated rings. The van der Waals surface area contributed by atoms with Crippen LogP contribution >= 0.6 is 11.3 Å². The van der Waals surface area contributed by atoms with E-state index in [1.54, 1.807) is 24.0 Å². The zero-order chi connectivity index (χ0) is 12.8. The third kappa shape index (κ3) is 3.21. The van der Waals surface area contributed by atoms with E-state index in [-0.39, 0.29) is 0 Å². The topological polar surface area (TPSA) is 43.4 Å². The van der Waals surface area contributed by atoms with Gasteiger partial charge < -0.3 is 14.8 Å². The predicted octanol–water partition coefficient (Wildman–Crippen LogP) is 2.45. The molecule has 0 spiro atoms. The minimum Gasteiger partial charge on any atom is -0.497 e. The summed E-state index contributed by atoms with van der Waals surface area (Å²) in [6, 6.07) is 5.86. The van der Waals surface area contributed by atoms with E-state index in [4.69, 9.17) is 9.47 Å². The number of benzene rings is 1. The van der Waals surface area contributed by atoms with Gasteiger partial charge in [-0.25, -0.2) is 0 Å². The first kappa shape index (κ1) is 12.9. The van der Waals surface area contributed by atoms with Crippen LogP contribution < -0.4 is 14.8 Å². The molecule has 4 nitrogen and oxygen atoms in total. The Bertz CT molecular complexity index is 486. The zero-order valence-corrected chi connectivity index (χ0v) is 11.3. The van der Waals surface area contributed by atoms with Gasteiger partial charge in [0.25, 0.3) is 0 Å². The van der Waals surface area contributed by atoms with Crippen molar-refractivity contribution in [2.75, 3.05) is 14.2 Å². The Morgan fingerprint density at radius 3 is 2.94 bits per heavy atom. The molecule has 1 heterocycles. The minimum atomic E-state index is 0.536. The van der Waals surface area contributed by atoms with E-state index in [2.05, 4.69) is 10.3 Å². The zero-order valence-electron chi connectivity index (χ0n) is 10.5. The second kappa shape index (κ2) is 6.37. The summed E-state index contributed by atoms with van der Waals surface area (Å²) in [7, 11) is 3.57. The van der Waals surface area contributed by atoms with Crippen molar-refractivity contribution < 1.29 is 9.47 Å². The summed E-state index contributed by atoms with van der Waals surface area (Å²) in [6.07, 6.45) is 1.82. The van der Waals surface area contributed by atoms with Gasteiger partial charge in [-0.05, 0) is 13.1 Å². The number of nitrogens with one attached hydrogen (secondary N) is 1. The van der Waals surface area contributed by atoms with Gasteiger partial charge in [-0.3, -0.25) is 4.98 Å². The van der Waals surface area contributed by atoms with Crippen LogP contribution in [0.1, 0.15) is 10.4 Å². The van der Waals surface area contributed by atoms with Crippen LogP contribution in [0.2, 0.25) is 0 Å². The molecule has 0 aliphatic heterocycles. The average Bonchev–Trinajstić information content (AvgIpc) is 2.91. The van der Waals surface area contributed by atoms with Crippen molar-refractivity contribution in [3.8, 4) is 11.5 Å². The van der Waals surface area contributed by atoms with Gasteiger partial charge in [0.1, 0.15) is 18.1 Å². The number of hydrogen-bond donors (Lipinski definition) is 1. The molecular weight excluding hydrogens is 248 g/mol. The van der Waals surface area contributed by atoms with Gasteiger partial charge in [0, 0.05) is 24.4 Å². The molecule has 2 rings (SSSR count). The maximum absolute atomic E-state index is 5.83. The number of methoxy groups -OCH3 is 1. The van der Waals surface area contributed by atoms with Gasteiger partial charge in [0.05, 0.1) is 17.5 Å². The maximum atomic E-state index is 5.83. The maximum Gasteiger partial charge on any atom is 0.128 e. The molecule has 18 heavy (non-hydrogen) atoms. The van der Waals surface area contributed by atoms with Gasteiger partial charge in [0.2, 0.25) is 0 Å². The smallest absolute Gasteiger partial charge is 0.128 e. The molecule has 1 N–H and O–H groups in total. The number of nitrogens with zero attached hydrogens (tertiary/aromatic N) is 1. The van der Waals surface area contributed by atoms with Crippen molar-refractivity contribution in [1.29, 1.82) is 0 Å². The van der Waals surface area contributed by atoms with E-state index in [0.29, 0.717) is 6.61 Å². The lowest BCUT2D eigenvalue weighted by Gasteiger charge is -2.12. The number of thiazole rings is 1. The highest BCUT2D eigenvalue weighted by molar-refractivity contribution is 7.09. The Morgan fingerprint density at radius 2 is 2.28 bits per heavy atom. The first-order valence-corrected chi connectivity index (χ1v) is 6.53. The molecule has 0 saturated heterocycles. The second-order valence-electron chi connectivity index (χ2n) is 3.76. The molecule has 0 unspecified atom stereocenters. The van der Waals surface area contributed by atoms with Crippen LogP contribution in [-0.4, -0.2) is 19.1 Å². The summed E-state index contributed by atoms with van der Waals surface area (Å²) in [4.78, 5) is 5.13. The molecule has 5 heteroatoms. The average molecular weight is 264 g/mol. The second-order valence-corrected chi connectivity index (χ2v) is 4.73. The first-order chi connectivity index (χ1) is 8.83. The fraction of sp³-hybridized carbons (Fsp3) is 0.308. The molecule has 0 atom stereocenters. The Balaban J connectivity index is 2.12. The molecule has 2 aromatic rings. The number of aromatic nitrogens is 1. The molecular formula is C13H16N2O2S. The Labute approximate surface area is 111 Å². The molecule has 0 saturated carbocycles.